The Hall–Kier alpha value is -1.99. The predicted octanol–water partition coefficient (Wildman–Crippen LogP) is 0.417. The number of amides is 2. The third-order valence-corrected chi connectivity index (χ3v) is 5.08. The minimum Gasteiger partial charge on any atom is -0.354 e. The molecule has 0 aliphatic carbocycles. The fourth-order valence-corrected chi connectivity index (χ4v) is 3.84. The van der Waals surface area contributed by atoms with Gasteiger partial charge in [-0.25, -0.2) is 0 Å². The van der Waals surface area contributed by atoms with Crippen LogP contribution in [0, 0.1) is 0 Å². The van der Waals surface area contributed by atoms with Gasteiger partial charge < -0.3 is 16.0 Å². The first-order chi connectivity index (χ1) is 12.5. The number of hydrogen-bond donors (Lipinski definition) is 3. The average Bonchev–Trinajstić information content (AvgIpc) is 3.05. The topological polar surface area (TPSA) is 86.4 Å². The van der Waals surface area contributed by atoms with Crippen LogP contribution in [0.2, 0.25) is 0 Å². The van der Waals surface area contributed by atoms with Gasteiger partial charge in [0.25, 0.3) is 0 Å². The van der Waals surface area contributed by atoms with E-state index in [-0.39, 0.29) is 36.0 Å². The Bertz CT molecular complexity index is 622. The Balaban J connectivity index is 1.53. The minimum atomic E-state index is -0.0943. The molecule has 0 spiro atoms. The molecule has 2 aliphatic heterocycles. The van der Waals surface area contributed by atoms with E-state index in [4.69, 9.17) is 0 Å². The molecule has 3 unspecified atom stereocenters. The Labute approximate surface area is 154 Å². The van der Waals surface area contributed by atoms with E-state index in [0.29, 0.717) is 19.5 Å². The maximum Gasteiger partial charge on any atom is 0.237 e. The summed E-state index contributed by atoms with van der Waals surface area (Å²) in [5.41, 5.74) is 1.00. The van der Waals surface area contributed by atoms with Gasteiger partial charge in [0.15, 0.2) is 0 Å². The summed E-state index contributed by atoms with van der Waals surface area (Å²) in [6.45, 7) is 6.09. The molecular weight excluding hydrogens is 330 g/mol. The van der Waals surface area contributed by atoms with Crippen molar-refractivity contribution in [1.82, 2.24) is 25.8 Å². The highest BCUT2D eigenvalue weighted by Gasteiger charge is 2.43. The average molecular weight is 359 g/mol. The molecule has 3 heterocycles. The smallest absolute Gasteiger partial charge is 0.237 e. The first kappa shape index (κ1) is 18.8. The Morgan fingerprint density at radius 3 is 3.00 bits per heavy atom. The fourth-order valence-electron chi connectivity index (χ4n) is 3.84. The summed E-state index contributed by atoms with van der Waals surface area (Å²) in [4.78, 5) is 30.8. The lowest BCUT2D eigenvalue weighted by Crippen LogP contribution is -2.58. The van der Waals surface area contributed by atoms with Crippen LogP contribution in [0.3, 0.4) is 0 Å². The number of rotatable bonds is 7. The standard InChI is InChI=1S/C19H29N5O2/c1-13(2)23-18(25)7-6-16-11-22-19(26)17-9-15(12-24(16)17)21-10-14-5-3-4-8-20-14/h3-5,8,13,15-17,21H,6-7,9-12H2,1-2H3,(H,22,26)(H,23,25). The van der Waals surface area contributed by atoms with Gasteiger partial charge in [0, 0.05) is 50.4 Å². The highest BCUT2D eigenvalue weighted by molar-refractivity contribution is 5.83. The maximum atomic E-state index is 12.3. The first-order valence-corrected chi connectivity index (χ1v) is 9.49. The van der Waals surface area contributed by atoms with E-state index >= 15 is 0 Å². The summed E-state index contributed by atoms with van der Waals surface area (Å²) in [5.74, 6) is 0.187. The molecule has 0 bridgehead atoms. The van der Waals surface area contributed by atoms with Gasteiger partial charge in [-0.05, 0) is 38.8 Å². The molecule has 3 atom stereocenters. The monoisotopic (exact) mass is 359 g/mol. The van der Waals surface area contributed by atoms with Crippen LogP contribution in [0.1, 0.15) is 38.8 Å². The highest BCUT2D eigenvalue weighted by Crippen LogP contribution is 2.26. The van der Waals surface area contributed by atoms with E-state index < -0.39 is 0 Å². The summed E-state index contributed by atoms with van der Waals surface area (Å²) < 4.78 is 0. The number of aromatic nitrogens is 1. The predicted molar refractivity (Wildman–Crippen MR) is 99.3 cm³/mol. The second-order valence-corrected chi connectivity index (χ2v) is 7.51. The van der Waals surface area contributed by atoms with Crippen molar-refractivity contribution in [1.29, 1.82) is 0 Å². The lowest BCUT2D eigenvalue weighted by molar-refractivity contribution is -0.129. The summed E-state index contributed by atoms with van der Waals surface area (Å²) in [7, 11) is 0. The molecule has 26 heavy (non-hydrogen) atoms. The van der Waals surface area contributed by atoms with Crippen molar-refractivity contribution in [3.05, 3.63) is 30.1 Å². The zero-order chi connectivity index (χ0) is 18.5. The van der Waals surface area contributed by atoms with Crippen LogP contribution < -0.4 is 16.0 Å². The number of pyridine rings is 1. The quantitative estimate of drug-likeness (QED) is 0.657. The maximum absolute atomic E-state index is 12.3. The number of nitrogens with zero attached hydrogens (tertiary/aromatic N) is 2. The molecule has 3 rings (SSSR count). The van der Waals surface area contributed by atoms with E-state index in [9.17, 15) is 9.59 Å². The summed E-state index contributed by atoms with van der Waals surface area (Å²) in [6, 6.07) is 6.43. The normalized spacial score (nSPS) is 25.8. The van der Waals surface area contributed by atoms with Gasteiger partial charge in [0.1, 0.15) is 0 Å². The van der Waals surface area contributed by atoms with Crippen molar-refractivity contribution < 1.29 is 9.59 Å². The van der Waals surface area contributed by atoms with Crippen LogP contribution in [0.15, 0.2) is 24.4 Å². The molecule has 2 saturated heterocycles. The summed E-state index contributed by atoms with van der Waals surface area (Å²) >= 11 is 0. The van der Waals surface area contributed by atoms with Crippen molar-refractivity contribution >= 4 is 11.8 Å². The zero-order valence-electron chi connectivity index (χ0n) is 15.6. The van der Waals surface area contributed by atoms with Crippen molar-refractivity contribution in [2.45, 2.75) is 63.8 Å². The molecule has 7 nitrogen and oxygen atoms in total. The number of carbonyl (C=O) groups is 2. The number of carbonyl (C=O) groups excluding carboxylic acids is 2. The molecule has 7 heteroatoms. The highest BCUT2D eigenvalue weighted by atomic mass is 16.2. The lowest BCUT2D eigenvalue weighted by Gasteiger charge is -2.37. The third-order valence-electron chi connectivity index (χ3n) is 5.08. The molecule has 0 saturated carbocycles. The third kappa shape index (κ3) is 4.80. The fraction of sp³-hybridized carbons (Fsp3) is 0.632. The van der Waals surface area contributed by atoms with E-state index in [1.807, 2.05) is 32.0 Å². The Kier molecular flexibility index (Phi) is 6.21. The molecular formula is C19H29N5O2. The zero-order valence-corrected chi connectivity index (χ0v) is 15.6. The van der Waals surface area contributed by atoms with Crippen molar-refractivity contribution in [3.63, 3.8) is 0 Å². The summed E-state index contributed by atoms with van der Waals surface area (Å²) in [6.07, 6.45) is 3.85. The SMILES string of the molecule is CC(C)NC(=O)CCC1CNC(=O)C2CC(NCc3ccccn3)CN12. The van der Waals surface area contributed by atoms with Crippen molar-refractivity contribution in [3.8, 4) is 0 Å². The van der Waals surface area contributed by atoms with Crippen LogP contribution in [-0.2, 0) is 16.1 Å². The molecule has 0 aromatic carbocycles. The van der Waals surface area contributed by atoms with Gasteiger partial charge in [-0.1, -0.05) is 6.07 Å². The summed E-state index contributed by atoms with van der Waals surface area (Å²) in [5, 5.41) is 9.47. The van der Waals surface area contributed by atoms with Gasteiger partial charge in [0.05, 0.1) is 11.7 Å². The number of nitrogens with one attached hydrogen (secondary N) is 3. The van der Waals surface area contributed by atoms with Gasteiger partial charge in [-0.2, -0.15) is 0 Å². The van der Waals surface area contributed by atoms with E-state index in [1.165, 1.54) is 0 Å². The molecule has 0 radical (unpaired) electrons. The van der Waals surface area contributed by atoms with Gasteiger partial charge >= 0.3 is 0 Å². The van der Waals surface area contributed by atoms with Crippen LogP contribution in [0.4, 0.5) is 0 Å². The van der Waals surface area contributed by atoms with Crippen LogP contribution in [-0.4, -0.2) is 59.0 Å². The molecule has 1 aromatic heterocycles. The molecule has 1 aromatic rings. The van der Waals surface area contributed by atoms with Gasteiger partial charge in [-0.15, -0.1) is 0 Å². The van der Waals surface area contributed by atoms with Crippen LogP contribution >= 0.6 is 0 Å². The first-order valence-electron chi connectivity index (χ1n) is 9.49. The van der Waals surface area contributed by atoms with Gasteiger partial charge in [0.2, 0.25) is 11.8 Å². The molecule has 3 N–H and O–H groups in total. The lowest BCUT2D eigenvalue weighted by atomic mass is 10.0. The van der Waals surface area contributed by atoms with E-state index in [1.54, 1.807) is 6.20 Å². The second kappa shape index (κ2) is 8.60. The molecule has 2 aliphatic rings. The van der Waals surface area contributed by atoms with Gasteiger partial charge in [-0.3, -0.25) is 19.5 Å². The molecule has 2 fully saturated rings. The van der Waals surface area contributed by atoms with Crippen LogP contribution in [0.5, 0.6) is 0 Å². The number of hydrogen-bond acceptors (Lipinski definition) is 5. The minimum absolute atomic E-state index is 0.0810. The van der Waals surface area contributed by atoms with Crippen molar-refractivity contribution in [2.75, 3.05) is 13.1 Å². The number of piperazine rings is 1. The number of fused-ring (bicyclic) bond motifs is 1. The van der Waals surface area contributed by atoms with E-state index in [0.717, 1.165) is 25.1 Å². The Morgan fingerprint density at radius 1 is 1.42 bits per heavy atom. The molecule has 142 valence electrons. The Morgan fingerprint density at radius 2 is 2.27 bits per heavy atom. The van der Waals surface area contributed by atoms with Crippen molar-refractivity contribution in [2.24, 2.45) is 0 Å². The van der Waals surface area contributed by atoms with Crippen LogP contribution in [0.25, 0.3) is 0 Å². The second-order valence-electron chi connectivity index (χ2n) is 7.51. The van der Waals surface area contributed by atoms with E-state index in [2.05, 4.69) is 25.8 Å². The molecule has 2 amide bonds. The largest absolute Gasteiger partial charge is 0.354 e.